The molecule has 3 N–H and O–H groups in total. The Labute approximate surface area is 86.3 Å². The number of aliphatic hydroxyl groups is 1. The molecular formula is C9H11NO5. The van der Waals surface area contributed by atoms with Gasteiger partial charge < -0.3 is 10.2 Å². The van der Waals surface area contributed by atoms with Crippen LogP contribution in [0.3, 0.4) is 0 Å². The predicted molar refractivity (Wildman–Crippen MR) is 49.5 cm³/mol. The molecule has 0 bridgehead atoms. The van der Waals surface area contributed by atoms with Crippen LogP contribution in [0.1, 0.15) is 19.3 Å². The lowest BCUT2D eigenvalue weighted by molar-refractivity contribution is -0.137. The van der Waals surface area contributed by atoms with Gasteiger partial charge in [0.2, 0.25) is 5.91 Å². The topological polar surface area (TPSA) is 104 Å². The number of nitrogens with one attached hydrogen (secondary N) is 1. The van der Waals surface area contributed by atoms with Crippen LogP contribution in [0, 0.1) is 12.3 Å². The Hall–Kier alpha value is -1.87. The summed E-state index contributed by atoms with van der Waals surface area (Å²) in [5.41, 5.74) is 0. The molecule has 2 amide bonds. The minimum absolute atomic E-state index is 0.0799. The van der Waals surface area contributed by atoms with Crippen LogP contribution in [0.4, 0.5) is 0 Å². The number of amides is 2. The van der Waals surface area contributed by atoms with Gasteiger partial charge in [-0.2, -0.15) is 0 Å². The first-order valence-corrected chi connectivity index (χ1v) is 4.14. The third-order valence-corrected chi connectivity index (χ3v) is 1.43. The molecule has 1 atom stereocenters. The van der Waals surface area contributed by atoms with Crippen molar-refractivity contribution in [3.8, 4) is 12.3 Å². The molecule has 1 aliphatic heterocycles. The highest BCUT2D eigenvalue weighted by atomic mass is 16.4. The number of aliphatic carboxylic acids is 1. The number of hydrogen-bond acceptors (Lipinski definition) is 4. The SMILES string of the molecule is C#CCCC(=O)O.O=C1CC(O)C(=O)N1. The van der Waals surface area contributed by atoms with Gasteiger partial charge >= 0.3 is 5.97 Å². The molecule has 6 heteroatoms. The highest BCUT2D eigenvalue weighted by Crippen LogP contribution is 1.98. The zero-order valence-electron chi connectivity index (χ0n) is 7.90. The van der Waals surface area contributed by atoms with Crippen molar-refractivity contribution in [2.24, 2.45) is 0 Å². The molecule has 0 aromatic heterocycles. The van der Waals surface area contributed by atoms with Crippen molar-refractivity contribution in [2.75, 3.05) is 0 Å². The van der Waals surface area contributed by atoms with Crippen molar-refractivity contribution in [1.29, 1.82) is 0 Å². The summed E-state index contributed by atoms with van der Waals surface area (Å²) in [7, 11) is 0. The van der Waals surface area contributed by atoms with Gasteiger partial charge in [0.25, 0.3) is 5.91 Å². The molecule has 0 spiro atoms. The van der Waals surface area contributed by atoms with E-state index in [0.717, 1.165) is 0 Å². The number of carbonyl (C=O) groups is 3. The van der Waals surface area contributed by atoms with E-state index in [9.17, 15) is 14.4 Å². The van der Waals surface area contributed by atoms with E-state index in [1.54, 1.807) is 0 Å². The minimum Gasteiger partial charge on any atom is -0.481 e. The lowest BCUT2D eigenvalue weighted by Crippen LogP contribution is -2.24. The van der Waals surface area contributed by atoms with Crippen molar-refractivity contribution in [3.63, 3.8) is 0 Å². The molecule has 15 heavy (non-hydrogen) atoms. The maximum Gasteiger partial charge on any atom is 0.304 e. The van der Waals surface area contributed by atoms with Crippen LogP contribution in [-0.2, 0) is 14.4 Å². The Morgan fingerprint density at radius 1 is 1.60 bits per heavy atom. The quantitative estimate of drug-likeness (QED) is 0.398. The first-order chi connectivity index (χ1) is 6.97. The second-order valence-electron chi connectivity index (χ2n) is 2.73. The van der Waals surface area contributed by atoms with Gasteiger partial charge in [0.05, 0.1) is 12.8 Å². The number of terminal acetylenes is 1. The molecule has 0 aromatic carbocycles. The second kappa shape index (κ2) is 6.56. The zero-order chi connectivity index (χ0) is 11.8. The van der Waals surface area contributed by atoms with Gasteiger partial charge in [-0.15, -0.1) is 12.3 Å². The molecule has 1 unspecified atom stereocenters. The van der Waals surface area contributed by atoms with Crippen LogP contribution in [0.15, 0.2) is 0 Å². The summed E-state index contributed by atoms with van der Waals surface area (Å²) in [5.74, 6) is 0.395. The van der Waals surface area contributed by atoms with Gasteiger partial charge in [0.1, 0.15) is 6.10 Å². The molecule has 0 radical (unpaired) electrons. The summed E-state index contributed by atoms with van der Waals surface area (Å²) < 4.78 is 0. The first-order valence-electron chi connectivity index (χ1n) is 4.14. The molecule has 1 heterocycles. The minimum atomic E-state index is -1.11. The van der Waals surface area contributed by atoms with Crippen molar-refractivity contribution >= 4 is 17.8 Å². The number of carboxylic acid groups (broad SMARTS) is 1. The van der Waals surface area contributed by atoms with E-state index in [1.165, 1.54) is 0 Å². The van der Waals surface area contributed by atoms with Crippen LogP contribution in [0.25, 0.3) is 0 Å². The van der Waals surface area contributed by atoms with E-state index in [-0.39, 0.29) is 12.8 Å². The molecule has 1 rings (SSSR count). The maximum absolute atomic E-state index is 10.2. The lowest BCUT2D eigenvalue weighted by Gasteiger charge is -1.88. The Balaban J connectivity index is 0.000000265. The molecule has 0 saturated carbocycles. The fourth-order valence-electron chi connectivity index (χ4n) is 0.719. The van der Waals surface area contributed by atoms with E-state index in [2.05, 4.69) is 5.92 Å². The molecule has 0 aliphatic carbocycles. The van der Waals surface area contributed by atoms with Crippen molar-refractivity contribution in [2.45, 2.75) is 25.4 Å². The molecule has 82 valence electrons. The van der Waals surface area contributed by atoms with Gasteiger partial charge in [-0.1, -0.05) is 0 Å². The van der Waals surface area contributed by atoms with Gasteiger partial charge in [-0.3, -0.25) is 19.7 Å². The van der Waals surface area contributed by atoms with E-state index in [1.807, 2.05) is 5.32 Å². The van der Waals surface area contributed by atoms with Crippen molar-refractivity contribution < 1.29 is 24.6 Å². The van der Waals surface area contributed by atoms with E-state index >= 15 is 0 Å². The molecule has 6 nitrogen and oxygen atoms in total. The van der Waals surface area contributed by atoms with E-state index in [4.69, 9.17) is 16.6 Å². The second-order valence-corrected chi connectivity index (χ2v) is 2.73. The van der Waals surface area contributed by atoms with Crippen molar-refractivity contribution in [3.05, 3.63) is 0 Å². The fraction of sp³-hybridized carbons (Fsp3) is 0.444. The number of carboxylic acids is 1. The number of rotatable bonds is 2. The van der Waals surface area contributed by atoms with Crippen LogP contribution in [0.2, 0.25) is 0 Å². The van der Waals surface area contributed by atoms with E-state index in [0.29, 0.717) is 6.42 Å². The van der Waals surface area contributed by atoms with Gasteiger partial charge in [-0.05, 0) is 0 Å². The maximum atomic E-state index is 10.2. The number of imide groups is 1. The fourth-order valence-corrected chi connectivity index (χ4v) is 0.719. The largest absolute Gasteiger partial charge is 0.481 e. The summed E-state index contributed by atoms with van der Waals surface area (Å²) >= 11 is 0. The number of aliphatic hydroxyl groups excluding tert-OH is 1. The Kier molecular flexibility index (Phi) is 5.75. The molecule has 1 fully saturated rings. The monoisotopic (exact) mass is 213 g/mol. The van der Waals surface area contributed by atoms with Crippen LogP contribution in [0.5, 0.6) is 0 Å². The normalized spacial score (nSPS) is 18.5. The molecule has 1 aliphatic rings. The average Bonchev–Trinajstić information content (AvgIpc) is 2.42. The summed E-state index contributed by atoms with van der Waals surface area (Å²) in [6, 6.07) is 0. The van der Waals surface area contributed by atoms with Gasteiger partial charge in [-0.25, -0.2) is 0 Å². The number of carbonyl (C=O) groups excluding carboxylic acids is 2. The highest BCUT2D eigenvalue weighted by molar-refractivity contribution is 6.04. The summed E-state index contributed by atoms with van der Waals surface area (Å²) in [4.78, 5) is 30.0. The lowest BCUT2D eigenvalue weighted by atomic mass is 10.3. The smallest absolute Gasteiger partial charge is 0.304 e. The standard InChI is InChI=1S/C5H6O2.C4H5NO3/c1-2-3-4-5(6)7;6-2-1-3(7)5-4(2)8/h1H,3-4H2,(H,6,7);2,6H,1H2,(H,5,7,8). The summed E-state index contributed by atoms with van der Waals surface area (Å²) in [5, 5.41) is 18.4. The van der Waals surface area contributed by atoms with Crippen LogP contribution in [-0.4, -0.2) is 34.1 Å². The first kappa shape index (κ1) is 13.1. The van der Waals surface area contributed by atoms with Gasteiger partial charge in [0, 0.05) is 6.42 Å². The summed E-state index contributed by atoms with van der Waals surface area (Å²) in [6.45, 7) is 0. The predicted octanol–water partition coefficient (Wildman–Crippen LogP) is -1.12. The molecule has 1 saturated heterocycles. The molecule has 0 aromatic rings. The third-order valence-electron chi connectivity index (χ3n) is 1.43. The number of hydrogen-bond donors (Lipinski definition) is 3. The Morgan fingerprint density at radius 2 is 2.20 bits per heavy atom. The zero-order valence-corrected chi connectivity index (χ0v) is 7.90. The average molecular weight is 213 g/mol. The van der Waals surface area contributed by atoms with Crippen molar-refractivity contribution in [1.82, 2.24) is 5.32 Å². The third kappa shape index (κ3) is 6.23. The Morgan fingerprint density at radius 3 is 2.33 bits per heavy atom. The Bertz CT molecular complexity index is 304. The van der Waals surface area contributed by atoms with Crippen LogP contribution < -0.4 is 5.32 Å². The van der Waals surface area contributed by atoms with E-state index < -0.39 is 23.9 Å². The highest BCUT2D eigenvalue weighted by Gasteiger charge is 2.27. The van der Waals surface area contributed by atoms with Gasteiger partial charge in [0.15, 0.2) is 0 Å². The summed E-state index contributed by atoms with van der Waals surface area (Å²) in [6.07, 6.45) is 3.98. The molecular weight excluding hydrogens is 202 g/mol. The van der Waals surface area contributed by atoms with Crippen LogP contribution >= 0.6 is 0 Å².